The molecular formula is C19H22N4O3S3. The average molecular weight is 451 g/mol. The van der Waals surface area contributed by atoms with E-state index in [1.165, 1.54) is 28.0 Å². The zero-order valence-corrected chi connectivity index (χ0v) is 18.7. The molecule has 2 aromatic rings. The van der Waals surface area contributed by atoms with Crippen LogP contribution in [-0.4, -0.2) is 57.5 Å². The molecule has 7 nitrogen and oxygen atoms in total. The van der Waals surface area contributed by atoms with Gasteiger partial charge in [-0.15, -0.1) is 11.3 Å². The zero-order chi connectivity index (χ0) is 20.6. The van der Waals surface area contributed by atoms with Gasteiger partial charge in [0.05, 0.1) is 6.54 Å². The number of carbonyl (C=O) groups excluding carboxylic acids is 3. The SMILES string of the molecule is CSc1nc(C(=O)N2CCC([C@@]3(C)NC(=O)N(Cc4ccsc4)C3=O)CC2)cs1. The molecule has 2 fully saturated rings. The first-order valence-electron chi connectivity index (χ1n) is 9.36. The lowest BCUT2D eigenvalue weighted by Gasteiger charge is -2.38. The van der Waals surface area contributed by atoms with E-state index in [4.69, 9.17) is 0 Å². The lowest BCUT2D eigenvalue weighted by Crippen LogP contribution is -2.54. The Hall–Kier alpha value is -1.91. The molecule has 10 heteroatoms. The monoisotopic (exact) mass is 450 g/mol. The third kappa shape index (κ3) is 3.80. The van der Waals surface area contributed by atoms with Crippen molar-refractivity contribution >= 4 is 52.3 Å². The van der Waals surface area contributed by atoms with Crippen LogP contribution in [0.5, 0.6) is 0 Å². The molecule has 2 aliphatic rings. The first kappa shape index (κ1) is 20.4. The van der Waals surface area contributed by atoms with Crippen LogP contribution in [-0.2, 0) is 11.3 Å². The van der Waals surface area contributed by atoms with Crippen molar-refractivity contribution in [2.24, 2.45) is 5.92 Å². The van der Waals surface area contributed by atoms with E-state index in [2.05, 4.69) is 10.3 Å². The number of thiazole rings is 1. The molecule has 4 heterocycles. The van der Waals surface area contributed by atoms with Crippen LogP contribution in [0.25, 0.3) is 0 Å². The van der Waals surface area contributed by atoms with Crippen molar-refractivity contribution in [3.05, 3.63) is 33.5 Å². The second kappa shape index (κ2) is 8.08. The standard InChI is InChI=1S/C19H22N4O3S3/c1-19(16(25)23(17(26)21-19)9-12-5-8-28-10-12)13-3-6-22(7-4-13)15(24)14-11-29-18(20-14)27-2/h5,8,10-11,13H,3-4,6-7,9H2,1-2H3,(H,21,26)/t19-/m1/s1. The minimum atomic E-state index is -0.922. The number of urea groups is 1. The smallest absolute Gasteiger partial charge is 0.325 e. The Morgan fingerprint density at radius 3 is 2.72 bits per heavy atom. The number of aromatic nitrogens is 1. The molecule has 0 unspecified atom stereocenters. The molecule has 1 N–H and O–H groups in total. The molecule has 0 aromatic carbocycles. The van der Waals surface area contributed by atoms with E-state index in [0.717, 1.165) is 9.90 Å². The normalized spacial score (nSPS) is 23.0. The third-order valence-electron chi connectivity index (χ3n) is 5.70. The molecular weight excluding hydrogens is 428 g/mol. The lowest BCUT2D eigenvalue weighted by atomic mass is 9.79. The minimum Gasteiger partial charge on any atom is -0.337 e. The molecule has 2 aliphatic heterocycles. The molecule has 4 amide bonds. The summed E-state index contributed by atoms with van der Waals surface area (Å²) in [4.78, 5) is 45.7. The zero-order valence-electron chi connectivity index (χ0n) is 16.2. The van der Waals surface area contributed by atoms with Crippen LogP contribution in [0.2, 0.25) is 0 Å². The summed E-state index contributed by atoms with van der Waals surface area (Å²) in [6.45, 7) is 3.22. The van der Waals surface area contributed by atoms with Crippen LogP contribution >= 0.6 is 34.4 Å². The first-order chi connectivity index (χ1) is 13.9. The number of nitrogens with one attached hydrogen (secondary N) is 1. The Kier molecular flexibility index (Phi) is 5.67. The van der Waals surface area contributed by atoms with Crippen molar-refractivity contribution in [1.29, 1.82) is 0 Å². The molecule has 2 saturated heterocycles. The van der Waals surface area contributed by atoms with Gasteiger partial charge in [0.15, 0.2) is 0 Å². The second-order valence-electron chi connectivity index (χ2n) is 7.42. The molecule has 0 bridgehead atoms. The maximum Gasteiger partial charge on any atom is 0.325 e. The Morgan fingerprint density at radius 1 is 1.34 bits per heavy atom. The highest BCUT2D eigenvalue weighted by atomic mass is 32.2. The number of amides is 4. The van der Waals surface area contributed by atoms with E-state index < -0.39 is 5.54 Å². The molecule has 2 aromatic heterocycles. The molecule has 0 radical (unpaired) electrons. The van der Waals surface area contributed by atoms with Crippen molar-refractivity contribution in [2.45, 2.75) is 36.2 Å². The molecule has 4 rings (SSSR count). The van der Waals surface area contributed by atoms with Crippen LogP contribution in [0.4, 0.5) is 4.79 Å². The van der Waals surface area contributed by atoms with E-state index in [-0.39, 0.29) is 23.8 Å². The highest BCUT2D eigenvalue weighted by Gasteiger charge is 2.52. The molecule has 0 spiro atoms. The second-order valence-corrected chi connectivity index (χ2v) is 10.1. The van der Waals surface area contributed by atoms with E-state index in [1.807, 2.05) is 30.0 Å². The highest BCUT2D eigenvalue weighted by Crippen LogP contribution is 2.34. The largest absolute Gasteiger partial charge is 0.337 e. The van der Waals surface area contributed by atoms with Gasteiger partial charge in [0.1, 0.15) is 15.6 Å². The van der Waals surface area contributed by atoms with E-state index in [1.54, 1.807) is 21.6 Å². The van der Waals surface area contributed by atoms with Crippen LogP contribution < -0.4 is 5.32 Å². The van der Waals surface area contributed by atoms with Gasteiger partial charge in [-0.1, -0.05) is 11.8 Å². The van der Waals surface area contributed by atoms with Crippen LogP contribution in [0, 0.1) is 5.92 Å². The van der Waals surface area contributed by atoms with Crippen molar-refractivity contribution in [3.8, 4) is 0 Å². The van der Waals surface area contributed by atoms with Gasteiger partial charge in [0.2, 0.25) is 0 Å². The van der Waals surface area contributed by atoms with Crippen molar-refractivity contribution in [2.75, 3.05) is 19.3 Å². The number of thioether (sulfide) groups is 1. The number of hydrogen-bond donors (Lipinski definition) is 1. The van der Waals surface area contributed by atoms with E-state index in [0.29, 0.717) is 38.2 Å². The van der Waals surface area contributed by atoms with Crippen molar-refractivity contribution in [1.82, 2.24) is 20.1 Å². The van der Waals surface area contributed by atoms with Gasteiger partial charge in [0.25, 0.3) is 11.8 Å². The molecule has 0 aliphatic carbocycles. The molecule has 154 valence electrons. The number of likely N-dealkylation sites (tertiary alicyclic amines) is 1. The van der Waals surface area contributed by atoms with Gasteiger partial charge in [-0.3, -0.25) is 14.5 Å². The maximum absolute atomic E-state index is 13.1. The number of hydrogen-bond acceptors (Lipinski definition) is 7. The van der Waals surface area contributed by atoms with Gasteiger partial charge < -0.3 is 10.2 Å². The highest BCUT2D eigenvalue weighted by molar-refractivity contribution is 8.00. The average Bonchev–Trinajstić information content (AvgIpc) is 3.46. The summed E-state index contributed by atoms with van der Waals surface area (Å²) in [6, 6.07) is 1.58. The topological polar surface area (TPSA) is 82.6 Å². The fourth-order valence-electron chi connectivity index (χ4n) is 3.97. The van der Waals surface area contributed by atoms with Gasteiger partial charge >= 0.3 is 6.03 Å². The van der Waals surface area contributed by atoms with Gasteiger partial charge in [-0.25, -0.2) is 9.78 Å². The maximum atomic E-state index is 13.1. The Balaban J connectivity index is 1.40. The van der Waals surface area contributed by atoms with Crippen molar-refractivity contribution < 1.29 is 14.4 Å². The predicted octanol–water partition coefficient (Wildman–Crippen LogP) is 3.29. The van der Waals surface area contributed by atoms with Gasteiger partial charge in [-0.05, 0) is 54.3 Å². The summed E-state index contributed by atoms with van der Waals surface area (Å²) in [6.07, 6.45) is 3.27. The molecule has 29 heavy (non-hydrogen) atoms. The summed E-state index contributed by atoms with van der Waals surface area (Å²) in [7, 11) is 0. The Morgan fingerprint density at radius 2 is 2.10 bits per heavy atom. The molecule has 1 atom stereocenters. The van der Waals surface area contributed by atoms with Crippen LogP contribution in [0.1, 0.15) is 35.8 Å². The quantitative estimate of drug-likeness (QED) is 0.558. The summed E-state index contributed by atoms with van der Waals surface area (Å²) in [5.74, 6) is -0.249. The minimum absolute atomic E-state index is 0.00679. The van der Waals surface area contributed by atoms with E-state index >= 15 is 0 Å². The number of piperidine rings is 1. The number of thiophene rings is 1. The van der Waals surface area contributed by atoms with Gasteiger partial charge in [0, 0.05) is 18.5 Å². The first-order valence-corrected chi connectivity index (χ1v) is 12.4. The summed E-state index contributed by atoms with van der Waals surface area (Å²) < 4.78 is 0.876. The predicted molar refractivity (Wildman–Crippen MR) is 114 cm³/mol. The fraction of sp³-hybridized carbons (Fsp3) is 0.474. The lowest BCUT2D eigenvalue weighted by molar-refractivity contribution is -0.133. The number of carbonyl (C=O) groups is 3. The summed E-state index contributed by atoms with van der Waals surface area (Å²) >= 11 is 4.54. The fourth-order valence-corrected chi connectivity index (χ4v) is 5.87. The number of imide groups is 1. The Bertz CT molecular complexity index is 921. The number of nitrogens with zero attached hydrogens (tertiary/aromatic N) is 3. The Labute approximate surface area is 181 Å². The van der Waals surface area contributed by atoms with Crippen LogP contribution in [0.15, 0.2) is 26.5 Å². The van der Waals surface area contributed by atoms with Crippen LogP contribution in [0.3, 0.4) is 0 Å². The third-order valence-corrected chi connectivity index (χ3v) is 8.29. The number of rotatable bonds is 5. The summed E-state index contributed by atoms with van der Waals surface area (Å²) in [5, 5.41) is 8.60. The van der Waals surface area contributed by atoms with Gasteiger partial charge in [-0.2, -0.15) is 11.3 Å². The van der Waals surface area contributed by atoms with E-state index in [9.17, 15) is 14.4 Å². The molecule has 0 saturated carbocycles. The summed E-state index contributed by atoms with van der Waals surface area (Å²) in [5.41, 5.74) is 0.516. The van der Waals surface area contributed by atoms with Crippen molar-refractivity contribution in [3.63, 3.8) is 0 Å².